The van der Waals surface area contributed by atoms with E-state index in [4.69, 9.17) is 4.74 Å². The van der Waals surface area contributed by atoms with Crippen molar-refractivity contribution in [2.45, 2.75) is 25.3 Å². The smallest absolute Gasteiger partial charge is 0.315 e. The Kier molecular flexibility index (Phi) is 4.58. The van der Waals surface area contributed by atoms with E-state index in [1.54, 1.807) is 13.0 Å². The van der Waals surface area contributed by atoms with Crippen LogP contribution in [-0.4, -0.2) is 40.6 Å². The highest BCUT2D eigenvalue weighted by atomic mass is 16.6. The molecule has 8 heteroatoms. The molecule has 0 spiro atoms. The van der Waals surface area contributed by atoms with E-state index in [-0.39, 0.29) is 11.8 Å². The number of benzene rings is 1. The number of phenolic OH excluding ortho intramolecular Hbond substituents is 1. The molecule has 0 saturated heterocycles. The zero-order valence-electron chi connectivity index (χ0n) is 14.3. The highest BCUT2D eigenvalue weighted by molar-refractivity contribution is 6.05. The Morgan fingerprint density at radius 2 is 2.12 bits per heavy atom. The van der Waals surface area contributed by atoms with E-state index < -0.39 is 40.1 Å². The van der Waals surface area contributed by atoms with Crippen molar-refractivity contribution in [1.29, 1.82) is 0 Å². The Bertz CT molecular complexity index is 844. The third-order valence-electron chi connectivity index (χ3n) is 5.00. The zero-order chi connectivity index (χ0) is 19.0. The van der Waals surface area contributed by atoms with Gasteiger partial charge in [0.25, 0.3) is 0 Å². The summed E-state index contributed by atoms with van der Waals surface area (Å²) < 4.78 is 4.90. The number of carbonyl (C=O) groups excluding carboxylic acids is 2. The van der Waals surface area contributed by atoms with Gasteiger partial charge in [-0.2, -0.15) is 0 Å². The lowest BCUT2D eigenvalue weighted by Gasteiger charge is -2.40. The number of fused-ring (bicyclic) bond motifs is 1. The molecule has 0 saturated carbocycles. The normalized spacial score (nSPS) is 27.5. The molecule has 1 N–H and O–H groups in total. The predicted octanol–water partition coefficient (Wildman–Crippen LogP) is 2.16. The number of hydrogen-bond donors (Lipinski definition) is 1. The second kappa shape index (κ2) is 6.70. The van der Waals surface area contributed by atoms with Crippen molar-refractivity contribution in [2.75, 3.05) is 7.11 Å². The molecule has 4 atom stereocenters. The van der Waals surface area contributed by atoms with Crippen molar-refractivity contribution in [3.05, 3.63) is 46.0 Å². The van der Waals surface area contributed by atoms with Crippen molar-refractivity contribution in [1.82, 2.24) is 0 Å². The van der Waals surface area contributed by atoms with E-state index in [0.29, 0.717) is 17.7 Å². The Hall–Kier alpha value is -3.03. The molecule has 0 amide bonds. The summed E-state index contributed by atoms with van der Waals surface area (Å²) in [6, 6.07) is 3.61. The molecular formula is C18H18N2O6. The van der Waals surface area contributed by atoms with Crippen molar-refractivity contribution in [3.63, 3.8) is 0 Å². The minimum Gasteiger partial charge on any atom is -0.502 e. The number of ketones is 1. The number of nitrogens with zero attached hydrogens (tertiary/aromatic N) is 2. The van der Waals surface area contributed by atoms with Gasteiger partial charge in [0.2, 0.25) is 0 Å². The molecule has 0 bridgehead atoms. The number of aromatic hydroxyl groups is 1. The van der Waals surface area contributed by atoms with E-state index in [1.165, 1.54) is 31.4 Å². The van der Waals surface area contributed by atoms with E-state index in [9.17, 15) is 24.8 Å². The van der Waals surface area contributed by atoms with Gasteiger partial charge in [-0.3, -0.25) is 24.7 Å². The lowest BCUT2D eigenvalue weighted by molar-refractivity contribution is -0.385. The summed E-state index contributed by atoms with van der Waals surface area (Å²) in [6.07, 6.45) is 3.76. The molecule has 3 rings (SSSR count). The van der Waals surface area contributed by atoms with Gasteiger partial charge < -0.3 is 9.84 Å². The number of carbonyl (C=O) groups is 2. The fourth-order valence-electron chi connectivity index (χ4n) is 3.87. The number of aliphatic imine (C=N–C) groups is 1. The van der Waals surface area contributed by atoms with Gasteiger partial charge in [-0.1, -0.05) is 12.1 Å². The molecule has 1 heterocycles. The maximum atomic E-state index is 12.6. The van der Waals surface area contributed by atoms with Crippen LogP contribution in [-0.2, 0) is 14.3 Å². The van der Waals surface area contributed by atoms with E-state index in [2.05, 4.69) is 4.99 Å². The summed E-state index contributed by atoms with van der Waals surface area (Å²) in [7, 11) is 1.25. The Labute approximate surface area is 149 Å². The van der Waals surface area contributed by atoms with Crippen LogP contribution >= 0.6 is 0 Å². The van der Waals surface area contributed by atoms with Crippen LogP contribution in [0.2, 0.25) is 0 Å². The number of rotatable bonds is 3. The van der Waals surface area contributed by atoms with Crippen molar-refractivity contribution in [3.8, 4) is 5.75 Å². The van der Waals surface area contributed by atoms with Crippen LogP contribution in [0.5, 0.6) is 5.75 Å². The van der Waals surface area contributed by atoms with Crippen LogP contribution in [0.15, 0.2) is 35.3 Å². The topological polar surface area (TPSA) is 119 Å². The lowest BCUT2D eigenvalue weighted by atomic mass is 9.66. The molecule has 1 aromatic carbocycles. The summed E-state index contributed by atoms with van der Waals surface area (Å²) in [5.41, 5.74) is 0.487. The molecule has 136 valence electrons. The molecule has 0 radical (unpaired) electrons. The second-order valence-electron chi connectivity index (χ2n) is 6.44. The average Bonchev–Trinajstić information content (AvgIpc) is 2.60. The summed E-state index contributed by atoms with van der Waals surface area (Å²) >= 11 is 0. The maximum Gasteiger partial charge on any atom is 0.315 e. The van der Waals surface area contributed by atoms with Gasteiger partial charge in [-0.25, -0.2) is 0 Å². The first-order chi connectivity index (χ1) is 12.3. The number of nitro benzene ring substituents is 1. The summed E-state index contributed by atoms with van der Waals surface area (Å²) in [5.74, 6) is -3.28. The highest BCUT2D eigenvalue weighted by Gasteiger charge is 2.48. The fourth-order valence-corrected chi connectivity index (χ4v) is 3.87. The number of nitro groups is 1. The number of phenols is 1. The lowest BCUT2D eigenvalue weighted by Crippen LogP contribution is -2.46. The molecular weight excluding hydrogens is 340 g/mol. The average molecular weight is 358 g/mol. The van der Waals surface area contributed by atoms with Gasteiger partial charge >= 0.3 is 11.7 Å². The van der Waals surface area contributed by atoms with Crippen LogP contribution in [0.3, 0.4) is 0 Å². The Balaban J connectivity index is 2.18. The quantitative estimate of drug-likeness (QED) is 0.502. The highest BCUT2D eigenvalue weighted by Crippen LogP contribution is 2.45. The minimum absolute atomic E-state index is 0.174. The monoisotopic (exact) mass is 358 g/mol. The van der Waals surface area contributed by atoms with Gasteiger partial charge in [-0.05, 0) is 31.1 Å². The SMILES string of the molecule is COC(=O)C1C(C)=N[C@H]2CC=CC(=O)[C@@H]2[C@H]1c1ccc(O)c([N+](=O)[O-])c1. The first kappa shape index (κ1) is 17.8. The van der Waals surface area contributed by atoms with Crippen LogP contribution in [0.1, 0.15) is 24.8 Å². The Morgan fingerprint density at radius 3 is 2.77 bits per heavy atom. The minimum atomic E-state index is -0.819. The second-order valence-corrected chi connectivity index (χ2v) is 6.44. The number of allylic oxidation sites excluding steroid dienone is 1. The third kappa shape index (κ3) is 2.87. The van der Waals surface area contributed by atoms with Gasteiger partial charge in [0.1, 0.15) is 5.92 Å². The predicted molar refractivity (Wildman–Crippen MR) is 92.2 cm³/mol. The van der Waals surface area contributed by atoms with Crippen LogP contribution < -0.4 is 0 Å². The van der Waals surface area contributed by atoms with Gasteiger partial charge in [-0.15, -0.1) is 0 Å². The van der Waals surface area contributed by atoms with Gasteiger partial charge in [0.05, 0.1) is 24.0 Å². The van der Waals surface area contributed by atoms with E-state index in [0.717, 1.165) is 0 Å². The number of esters is 1. The molecule has 2 aliphatic rings. The molecule has 8 nitrogen and oxygen atoms in total. The first-order valence-corrected chi connectivity index (χ1v) is 8.15. The van der Waals surface area contributed by atoms with Crippen molar-refractivity contribution in [2.24, 2.45) is 16.8 Å². The zero-order valence-corrected chi connectivity index (χ0v) is 14.3. The molecule has 0 fully saturated rings. The Morgan fingerprint density at radius 1 is 1.38 bits per heavy atom. The third-order valence-corrected chi connectivity index (χ3v) is 5.00. The first-order valence-electron chi connectivity index (χ1n) is 8.15. The summed E-state index contributed by atoms with van der Waals surface area (Å²) in [4.78, 5) is 40.0. The van der Waals surface area contributed by atoms with E-state index in [1.807, 2.05) is 0 Å². The maximum absolute atomic E-state index is 12.6. The summed E-state index contributed by atoms with van der Waals surface area (Å²) in [5, 5.41) is 20.9. The van der Waals surface area contributed by atoms with Crippen LogP contribution in [0, 0.1) is 22.0 Å². The molecule has 0 aromatic heterocycles. The number of methoxy groups -OCH3 is 1. The largest absolute Gasteiger partial charge is 0.502 e. The molecule has 1 unspecified atom stereocenters. The van der Waals surface area contributed by atoms with Gasteiger partial charge in [0.15, 0.2) is 11.5 Å². The fraction of sp³-hybridized carbons (Fsp3) is 0.389. The van der Waals surface area contributed by atoms with Crippen LogP contribution in [0.25, 0.3) is 0 Å². The van der Waals surface area contributed by atoms with Crippen molar-refractivity contribution >= 4 is 23.2 Å². The number of ether oxygens (including phenoxy) is 1. The summed E-state index contributed by atoms with van der Waals surface area (Å²) in [6.45, 7) is 1.70. The molecule has 1 aliphatic carbocycles. The standard InChI is InChI=1S/C18H18N2O6/c1-9-15(18(23)26-2)16(17-11(19-9)4-3-5-14(17)22)10-6-7-13(21)12(8-10)20(24)25/h3,5-8,11,15-17,21H,4H2,1-2H3/t11-,15?,16-,17+/m0/s1. The molecule has 1 aliphatic heterocycles. The van der Waals surface area contributed by atoms with Crippen molar-refractivity contribution < 1.29 is 24.4 Å². The van der Waals surface area contributed by atoms with E-state index >= 15 is 0 Å². The molecule has 26 heavy (non-hydrogen) atoms. The molecule has 1 aromatic rings. The van der Waals surface area contributed by atoms with Gasteiger partial charge in [0, 0.05) is 17.7 Å². The number of hydrogen-bond acceptors (Lipinski definition) is 7. The van der Waals surface area contributed by atoms with Crippen LogP contribution in [0.4, 0.5) is 5.69 Å².